The van der Waals surface area contributed by atoms with Crippen molar-refractivity contribution in [2.24, 2.45) is 0 Å². The van der Waals surface area contributed by atoms with E-state index in [4.69, 9.17) is 11.6 Å². The lowest BCUT2D eigenvalue weighted by atomic mass is 10.0. The number of halogens is 4. The standard InChI is InChI=1S/C13H8BrClF2/c14-9-6-4-8(5-7-9)10-2-1-3-11(12(10)15)13(16)17/h1-7,13H. The highest BCUT2D eigenvalue weighted by Crippen LogP contribution is 2.35. The van der Waals surface area contributed by atoms with E-state index in [-0.39, 0.29) is 10.6 Å². The number of benzene rings is 2. The average Bonchev–Trinajstić information content (AvgIpc) is 2.30. The second-order valence-electron chi connectivity index (χ2n) is 3.52. The van der Waals surface area contributed by atoms with Gasteiger partial charge in [0, 0.05) is 15.6 Å². The van der Waals surface area contributed by atoms with E-state index in [2.05, 4.69) is 15.9 Å². The summed E-state index contributed by atoms with van der Waals surface area (Å²) in [5, 5.41) is 0.116. The lowest BCUT2D eigenvalue weighted by Crippen LogP contribution is -1.88. The van der Waals surface area contributed by atoms with Crippen LogP contribution in [-0.4, -0.2) is 0 Å². The third-order valence-corrected chi connectivity index (χ3v) is 3.37. The third kappa shape index (κ3) is 2.67. The summed E-state index contributed by atoms with van der Waals surface area (Å²) in [6.07, 6.45) is -2.56. The van der Waals surface area contributed by atoms with E-state index >= 15 is 0 Å². The summed E-state index contributed by atoms with van der Waals surface area (Å²) in [4.78, 5) is 0. The number of alkyl halides is 2. The molecule has 0 atom stereocenters. The maximum atomic E-state index is 12.7. The first-order chi connectivity index (χ1) is 8.09. The molecule has 0 bridgehead atoms. The molecule has 4 heteroatoms. The maximum absolute atomic E-state index is 12.7. The summed E-state index contributed by atoms with van der Waals surface area (Å²) in [7, 11) is 0. The van der Waals surface area contributed by atoms with Gasteiger partial charge in [0.05, 0.1) is 5.02 Å². The summed E-state index contributed by atoms with van der Waals surface area (Å²) >= 11 is 9.31. The van der Waals surface area contributed by atoms with Crippen LogP contribution in [0.15, 0.2) is 46.9 Å². The van der Waals surface area contributed by atoms with Gasteiger partial charge >= 0.3 is 0 Å². The minimum Gasteiger partial charge on any atom is -0.205 e. The van der Waals surface area contributed by atoms with Crippen molar-refractivity contribution >= 4 is 27.5 Å². The van der Waals surface area contributed by atoms with Crippen LogP contribution in [0, 0.1) is 0 Å². The van der Waals surface area contributed by atoms with E-state index in [0.29, 0.717) is 5.56 Å². The molecular weight excluding hydrogens is 309 g/mol. The predicted octanol–water partition coefficient (Wildman–Crippen LogP) is 5.71. The zero-order valence-electron chi connectivity index (χ0n) is 8.63. The molecule has 0 radical (unpaired) electrons. The molecule has 0 N–H and O–H groups in total. The molecule has 0 amide bonds. The first-order valence-electron chi connectivity index (χ1n) is 4.92. The van der Waals surface area contributed by atoms with Gasteiger partial charge in [-0.2, -0.15) is 0 Å². The normalized spacial score (nSPS) is 10.9. The Labute approximate surface area is 111 Å². The van der Waals surface area contributed by atoms with Gasteiger partial charge in [-0.3, -0.25) is 0 Å². The van der Waals surface area contributed by atoms with E-state index in [0.717, 1.165) is 10.0 Å². The van der Waals surface area contributed by atoms with Crippen molar-refractivity contribution in [2.75, 3.05) is 0 Å². The molecule has 2 aromatic rings. The molecule has 0 saturated heterocycles. The highest BCUT2D eigenvalue weighted by Gasteiger charge is 2.15. The van der Waals surface area contributed by atoms with Crippen LogP contribution in [0.3, 0.4) is 0 Å². The molecule has 0 aliphatic carbocycles. The van der Waals surface area contributed by atoms with Crippen molar-refractivity contribution in [1.29, 1.82) is 0 Å². The zero-order chi connectivity index (χ0) is 12.4. The van der Waals surface area contributed by atoms with Crippen LogP contribution in [0.2, 0.25) is 5.02 Å². The van der Waals surface area contributed by atoms with Gasteiger partial charge in [-0.1, -0.05) is 57.9 Å². The van der Waals surface area contributed by atoms with E-state index < -0.39 is 6.43 Å². The number of hydrogen-bond donors (Lipinski definition) is 0. The summed E-state index contributed by atoms with van der Waals surface area (Å²) in [5.74, 6) is 0. The van der Waals surface area contributed by atoms with Gasteiger partial charge in [-0.25, -0.2) is 8.78 Å². The highest BCUT2D eigenvalue weighted by atomic mass is 79.9. The van der Waals surface area contributed by atoms with Gasteiger partial charge in [-0.05, 0) is 17.7 Å². The lowest BCUT2D eigenvalue weighted by molar-refractivity contribution is 0.151. The smallest absolute Gasteiger partial charge is 0.205 e. The van der Waals surface area contributed by atoms with E-state index in [1.165, 1.54) is 6.07 Å². The average molecular weight is 318 g/mol. The van der Waals surface area contributed by atoms with Crippen LogP contribution in [0.25, 0.3) is 11.1 Å². The van der Waals surface area contributed by atoms with Gasteiger partial charge in [0.25, 0.3) is 6.43 Å². The first-order valence-corrected chi connectivity index (χ1v) is 6.09. The second-order valence-corrected chi connectivity index (χ2v) is 4.81. The van der Waals surface area contributed by atoms with Gasteiger partial charge in [0.2, 0.25) is 0 Å². The molecule has 17 heavy (non-hydrogen) atoms. The summed E-state index contributed by atoms with van der Waals surface area (Å²) in [6.45, 7) is 0. The molecule has 0 heterocycles. The molecule has 0 aliphatic rings. The van der Waals surface area contributed by atoms with Gasteiger partial charge in [0.15, 0.2) is 0 Å². The molecule has 0 saturated carbocycles. The van der Waals surface area contributed by atoms with E-state index in [1.807, 2.05) is 24.3 Å². The minimum atomic E-state index is -2.56. The Morgan fingerprint density at radius 3 is 2.24 bits per heavy atom. The van der Waals surface area contributed by atoms with Crippen LogP contribution in [0.1, 0.15) is 12.0 Å². The Morgan fingerprint density at radius 2 is 1.65 bits per heavy atom. The molecule has 0 aromatic heterocycles. The Hall–Kier alpha value is -0.930. The summed E-state index contributed by atoms with van der Waals surface area (Å²) in [5.41, 5.74) is 1.31. The molecular formula is C13H8BrClF2. The first kappa shape index (κ1) is 12.5. The monoisotopic (exact) mass is 316 g/mol. The fourth-order valence-corrected chi connectivity index (χ4v) is 2.15. The number of rotatable bonds is 2. The Bertz CT molecular complexity index is 523. The van der Waals surface area contributed by atoms with Crippen molar-refractivity contribution in [1.82, 2.24) is 0 Å². The van der Waals surface area contributed by atoms with Crippen LogP contribution < -0.4 is 0 Å². The van der Waals surface area contributed by atoms with Gasteiger partial charge in [-0.15, -0.1) is 0 Å². The molecule has 0 spiro atoms. The molecule has 2 aromatic carbocycles. The zero-order valence-corrected chi connectivity index (χ0v) is 11.0. The quantitative estimate of drug-likeness (QED) is 0.666. The van der Waals surface area contributed by atoms with Crippen LogP contribution in [-0.2, 0) is 0 Å². The van der Waals surface area contributed by atoms with Crippen molar-refractivity contribution < 1.29 is 8.78 Å². The molecule has 0 unspecified atom stereocenters. The Balaban J connectivity index is 2.52. The Kier molecular flexibility index (Phi) is 3.79. The third-order valence-electron chi connectivity index (χ3n) is 2.42. The van der Waals surface area contributed by atoms with Crippen molar-refractivity contribution in [3.8, 4) is 11.1 Å². The van der Waals surface area contributed by atoms with Gasteiger partial charge < -0.3 is 0 Å². The SMILES string of the molecule is FC(F)c1cccc(-c2ccc(Br)cc2)c1Cl. The van der Waals surface area contributed by atoms with E-state index in [1.54, 1.807) is 12.1 Å². The van der Waals surface area contributed by atoms with Crippen LogP contribution in [0.5, 0.6) is 0 Å². The Morgan fingerprint density at radius 1 is 1.00 bits per heavy atom. The second kappa shape index (κ2) is 5.15. The minimum absolute atomic E-state index is 0.116. The fourth-order valence-electron chi connectivity index (χ4n) is 1.57. The fraction of sp³-hybridized carbons (Fsp3) is 0.0769. The molecule has 2 rings (SSSR count). The highest BCUT2D eigenvalue weighted by molar-refractivity contribution is 9.10. The molecule has 0 fully saturated rings. The molecule has 0 aliphatic heterocycles. The largest absolute Gasteiger partial charge is 0.265 e. The molecule has 0 nitrogen and oxygen atoms in total. The summed E-state index contributed by atoms with van der Waals surface area (Å²) in [6, 6.07) is 12.0. The maximum Gasteiger partial charge on any atom is 0.265 e. The van der Waals surface area contributed by atoms with Crippen molar-refractivity contribution in [2.45, 2.75) is 6.43 Å². The van der Waals surface area contributed by atoms with Crippen LogP contribution in [0.4, 0.5) is 8.78 Å². The van der Waals surface area contributed by atoms with Crippen molar-refractivity contribution in [3.63, 3.8) is 0 Å². The summed E-state index contributed by atoms with van der Waals surface area (Å²) < 4.78 is 26.3. The predicted molar refractivity (Wildman–Crippen MR) is 69.5 cm³/mol. The number of hydrogen-bond acceptors (Lipinski definition) is 0. The van der Waals surface area contributed by atoms with Crippen LogP contribution >= 0.6 is 27.5 Å². The lowest BCUT2D eigenvalue weighted by Gasteiger charge is -2.09. The van der Waals surface area contributed by atoms with Gasteiger partial charge in [0.1, 0.15) is 0 Å². The molecule has 88 valence electrons. The van der Waals surface area contributed by atoms with Crippen molar-refractivity contribution in [3.05, 3.63) is 57.5 Å². The van der Waals surface area contributed by atoms with E-state index in [9.17, 15) is 8.78 Å². The topological polar surface area (TPSA) is 0 Å².